The predicted octanol–water partition coefficient (Wildman–Crippen LogP) is 1.28. The van der Waals surface area contributed by atoms with Gasteiger partial charge in [-0.2, -0.15) is 0 Å². The molecular formula is C11H16O2. The highest BCUT2D eigenvalue weighted by Crippen LogP contribution is 2.10. The average molecular weight is 180 g/mol. The topological polar surface area (TPSA) is 40.5 Å². The van der Waals surface area contributed by atoms with Crippen LogP contribution in [-0.2, 0) is 0 Å². The Morgan fingerprint density at radius 2 is 1.77 bits per heavy atom. The van der Waals surface area contributed by atoms with Gasteiger partial charge in [0.05, 0.1) is 6.61 Å². The van der Waals surface area contributed by atoms with E-state index >= 15 is 0 Å². The van der Waals surface area contributed by atoms with Crippen molar-refractivity contribution in [2.24, 2.45) is 11.8 Å². The minimum Gasteiger partial charge on any atom is -0.396 e. The molecule has 0 radical (unpaired) electrons. The van der Waals surface area contributed by atoms with Crippen molar-refractivity contribution in [1.29, 1.82) is 0 Å². The molecule has 0 aliphatic heterocycles. The molecule has 1 aliphatic rings. The van der Waals surface area contributed by atoms with Crippen LogP contribution in [0.4, 0.5) is 0 Å². The summed E-state index contributed by atoms with van der Waals surface area (Å²) in [5.74, 6) is 0.320. The van der Waals surface area contributed by atoms with E-state index in [2.05, 4.69) is 0 Å². The van der Waals surface area contributed by atoms with Gasteiger partial charge in [0.1, 0.15) is 0 Å². The fraction of sp³-hybridized carbons (Fsp3) is 0.455. The second-order valence-electron chi connectivity index (χ2n) is 3.22. The van der Waals surface area contributed by atoms with Crippen molar-refractivity contribution < 1.29 is 10.2 Å². The summed E-state index contributed by atoms with van der Waals surface area (Å²) in [7, 11) is 0. The summed E-state index contributed by atoms with van der Waals surface area (Å²) >= 11 is 0. The Kier molecular flexibility index (Phi) is 4.50. The zero-order valence-corrected chi connectivity index (χ0v) is 7.63. The fourth-order valence-electron chi connectivity index (χ4n) is 1.26. The van der Waals surface area contributed by atoms with Crippen LogP contribution >= 0.6 is 0 Å². The van der Waals surface area contributed by atoms with Crippen molar-refractivity contribution in [2.45, 2.75) is 6.42 Å². The van der Waals surface area contributed by atoms with E-state index in [0.717, 1.165) is 6.42 Å². The van der Waals surface area contributed by atoms with Gasteiger partial charge in [0.2, 0.25) is 0 Å². The van der Waals surface area contributed by atoms with Crippen LogP contribution in [0.2, 0.25) is 0 Å². The quantitative estimate of drug-likeness (QED) is 0.628. The van der Waals surface area contributed by atoms with Crippen molar-refractivity contribution in [2.75, 3.05) is 13.2 Å². The summed E-state index contributed by atoms with van der Waals surface area (Å²) in [5.41, 5.74) is 0. The maximum absolute atomic E-state index is 8.96. The second-order valence-corrected chi connectivity index (χ2v) is 3.22. The van der Waals surface area contributed by atoms with Crippen LogP contribution in [0.25, 0.3) is 0 Å². The third kappa shape index (κ3) is 3.57. The van der Waals surface area contributed by atoms with Crippen molar-refractivity contribution in [3.63, 3.8) is 0 Å². The molecule has 0 amide bonds. The number of hydrogen-bond acceptors (Lipinski definition) is 2. The summed E-state index contributed by atoms with van der Waals surface area (Å²) in [6.45, 7) is 0.323. The molecular weight excluding hydrogens is 164 g/mol. The van der Waals surface area contributed by atoms with Crippen LogP contribution in [0.5, 0.6) is 0 Å². The summed E-state index contributed by atoms with van der Waals surface area (Å²) in [5, 5.41) is 17.9. The molecule has 2 atom stereocenters. The zero-order valence-electron chi connectivity index (χ0n) is 7.63. The molecule has 0 aromatic carbocycles. The van der Waals surface area contributed by atoms with E-state index in [4.69, 9.17) is 10.2 Å². The lowest BCUT2D eigenvalue weighted by molar-refractivity contribution is 0.253. The zero-order chi connectivity index (χ0) is 9.52. The lowest BCUT2D eigenvalue weighted by atomic mass is 10.1. The Morgan fingerprint density at radius 3 is 2.46 bits per heavy atom. The second kappa shape index (κ2) is 5.73. The largest absolute Gasteiger partial charge is 0.396 e. The number of rotatable bonds is 2. The van der Waals surface area contributed by atoms with Crippen LogP contribution < -0.4 is 0 Å². The van der Waals surface area contributed by atoms with E-state index in [-0.39, 0.29) is 25.0 Å². The molecule has 0 unspecified atom stereocenters. The van der Waals surface area contributed by atoms with Crippen molar-refractivity contribution in [3.8, 4) is 0 Å². The third-order valence-electron chi connectivity index (χ3n) is 2.12. The van der Waals surface area contributed by atoms with Gasteiger partial charge in [-0.1, -0.05) is 36.5 Å². The molecule has 2 heteroatoms. The SMILES string of the molecule is OC[C@@H]1/C=C\C=C/[C@H](CO)C/C=C\1. The summed E-state index contributed by atoms with van der Waals surface area (Å²) in [6, 6.07) is 0. The summed E-state index contributed by atoms with van der Waals surface area (Å²) in [4.78, 5) is 0. The summed E-state index contributed by atoms with van der Waals surface area (Å²) in [6.07, 6.45) is 12.6. The molecule has 1 rings (SSSR count). The molecule has 0 heterocycles. The lowest BCUT2D eigenvalue weighted by Crippen LogP contribution is -2.01. The Bertz CT molecular complexity index is 216. The Hall–Kier alpha value is -0.860. The fourth-order valence-corrected chi connectivity index (χ4v) is 1.26. The van der Waals surface area contributed by atoms with Gasteiger partial charge in [-0.05, 0) is 6.42 Å². The van der Waals surface area contributed by atoms with Crippen LogP contribution in [-0.4, -0.2) is 23.4 Å². The minimum absolute atomic E-state index is 0.113. The average Bonchev–Trinajstić information content (AvgIpc) is 2.28. The highest BCUT2D eigenvalue weighted by Gasteiger charge is 2.02. The highest BCUT2D eigenvalue weighted by molar-refractivity contribution is 5.12. The van der Waals surface area contributed by atoms with Gasteiger partial charge < -0.3 is 10.2 Å². The molecule has 0 bridgehead atoms. The molecule has 0 saturated heterocycles. The molecule has 2 nitrogen and oxygen atoms in total. The monoisotopic (exact) mass is 180 g/mol. The number of aliphatic hydroxyl groups excluding tert-OH is 2. The Balaban J connectivity index is 2.62. The molecule has 0 aromatic rings. The van der Waals surface area contributed by atoms with E-state index in [1.54, 1.807) is 0 Å². The normalized spacial score (nSPS) is 35.5. The first kappa shape index (κ1) is 10.2. The van der Waals surface area contributed by atoms with E-state index in [1.165, 1.54) is 0 Å². The standard InChI is InChI=1S/C11H16O2/c12-8-10-4-1-2-5-11(9-13)7-3-6-10/h1-6,10-13H,7-9H2/b4-1-,5-2-,6-3-/t10-,11+/m1/s1. The molecule has 72 valence electrons. The predicted molar refractivity (Wildman–Crippen MR) is 53.2 cm³/mol. The van der Waals surface area contributed by atoms with Crippen molar-refractivity contribution >= 4 is 0 Å². The Morgan fingerprint density at radius 1 is 1.00 bits per heavy atom. The van der Waals surface area contributed by atoms with Gasteiger partial charge in [-0.3, -0.25) is 0 Å². The number of hydrogen-bond donors (Lipinski definition) is 2. The van der Waals surface area contributed by atoms with Gasteiger partial charge in [0.15, 0.2) is 0 Å². The van der Waals surface area contributed by atoms with Gasteiger partial charge in [0, 0.05) is 18.4 Å². The van der Waals surface area contributed by atoms with Crippen LogP contribution in [0, 0.1) is 11.8 Å². The van der Waals surface area contributed by atoms with Crippen molar-refractivity contribution in [3.05, 3.63) is 36.5 Å². The van der Waals surface area contributed by atoms with Gasteiger partial charge in [-0.15, -0.1) is 0 Å². The van der Waals surface area contributed by atoms with E-state index in [1.807, 2.05) is 36.5 Å². The molecule has 0 spiro atoms. The number of aliphatic hydroxyl groups is 2. The Labute approximate surface area is 78.9 Å². The van der Waals surface area contributed by atoms with Gasteiger partial charge >= 0.3 is 0 Å². The van der Waals surface area contributed by atoms with Crippen LogP contribution in [0.15, 0.2) is 36.5 Å². The first-order chi connectivity index (χ1) is 6.36. The molecule has 0 saturated carbocycles. The molecule has 1 aliphatic carbocycles. The highest BCUT2D eigenvalue weighted by atomic mass is 16.3. The van der Waals surface area contributed by atoms with E-state index < -0.39 is 0 Å². The van der Waals surface area contributed by atoms with E-state index in [9.17, 15) is 0 Å². The van der Waals surface area contributed by atoms with Crippen LogP contribution in [0.1, 0.15) is 6.42 Å². The molecule has 0 fully saturated rings. The maximum Gasteiger partial charge on any atom is 0.0528 e. The molecule has 0 aromatic heterocycles. The third-order valence-corrected chi connectivity index (χ3v) is 2.12. The molecule has 13 heavy (non-hydrogen) atoms. The van der Waals surface area contributed by atoms with Gasteiger partial charge in [-0.25, -0.2) is 0 Å². The molecule has 2 N–H and O–H groups in total. The summed E-state index contributed by atoms with van der Waals surface area (Å²) < 4.78 is 0. The van der Waals surface area contributed by atoms with Gasteiger partial charge in [0.25, 0.3) is 0 Å². The minimum atomic E-state index is 0.113. The van der Waals surface area contributed by atoms with E-state index in [0.29, 0.717) is 0 Å². The van der Waals surface area contributed by atoms with Crippen LogP contribution in [0.3, 0.4) is 0 Å². The van der Waals surface area contributed by atoms with Crippen molar-refractivity contribution in [1.82, 2.24) is 0 Å². The first-order valence-electron chi connectivity index (χ1n) is 4.60. The maximum atomic E-state index is 8.96. The smallest absolute Gasteiger partial charge is 0.0528 e. The first-order valence-corrected chi connectivity index (χ1v) is 4.60. The number of allylic oxidation sites excluding steroid dienone is 3. The lowest BCUT2D eigenvalue weighted by Gasteiger charge is -2.04.